The van der Waals surface area contributed by atoms with E-state index in [-0.39, 0.29) is 6.61 Å². The third-order valence-corrected chi connectivity index (χ3v) is 3.73. The Balaban J connectivity index is 2.00. The maximum atomic E-state index is 9.03. The van der Waals surface area contributed by atoms with E-state index in [1.165, 1.54) is 5.56 Å². The Labute approximate surface area is 104 Å². The molecule has 3 heteroatoms. The molecule has 17 heavy (non-hydrogen) atoms. The fraction of sp³-hybridized carbons (Fsp3) is 0.571. The SMILES string of the molecule is C[C@H](c1ccc(CO)cc1)N1CCN(C)CC1. The molecule has 0 saturated carbocycles. The number of benzene rings is 1. The van der Waals surface area contributed by atoms with Gasteiger partial charge in [-0.2, -0.15) is 0 Å². The van der Waals surface area contributed by atoms with Gasteiger partial charge in [-0.25, -0.2) is 0 Å². The molecule has 0 radical (unpaired) electrons. The van der Waals surface area contributed by atoms with Crippen molar-refractivity contribution >= 4 is 0 Å². The van der Waals surface area contributed by atoms with E-state index in [4.69, 9.17) is 5.11 Å². The number of hydrogen-bond acceptors (Lipinski definition) is 3. The summed E-state index contributed by atoms with van der Waals surface area (Å²) < 4.78 is 0. The fourth-order valence-electron chi connectivity index (χ4n) is 2.32. The van der Waals surface area contributed by atoms with Gasteiger partial charge in [0.05, 0.1) is 6.61 Å². The molecule has 1 aromatic rings. The van der Waals surface area contributed by atoms with Crippen LogP contribution in [-0.2, 0) is 6.61 Å². The topological polar surface area (TPSA) is 26.7 Å². The Morgan fingerprint density at radius 2 is 1.71 bits per heavy atom. The molecule has 0 spiro atoms. The smallest absolute Gasteiger partial charge is 0.0681 e. The summed E-state index contributed by atoms with van der Waals surface area (Å²) >= 11 is 0. The summed E-state index contributed by atoms with van der Waals surface area (Å²) in [5, 5.41) is 9.03. The van der Waals surface area contributed by atoms with Crippen LogP contribution < -0.4 is 0 Å². The first kappa shape index (κ1) is 12.6. The zero-order chi connectivity index (χ0) is 12.3. The standard InChI is InChI=1S/C14H22N2O/c1-12(16-9-7-15(2)8-10-16)14-5-3-13(11-17)4-6-14/h3-6,12,17H,7-11H2,1-2H3/t12-/m1/s1. The van der Waals surface area contributed by atoms with E-state index < -0.39 is 0 Å². The van der Waals surface area contributed by atoms with Crippen molar-refractivity contribution in [2.75, 3.05) is 33.2 Å². The second-order valence-corrected chi connectivity index (χ2v) is 4.91. The minimum atomic E-state index is 0.128. The lowest BCUT2D eigenvalue weighted by Crippen LogP contribution is -2.45. The van der Waals surface area contributed by atoms with E-state index >= 15 is 0 Å². The highest BCUT2D eigenvalue weighted by molar-refractivity contribution is 5.24. The van der Waals surface area contributed by atoms with Gasteiger partial charge in [0.2, 0.25) is 0 Å². The molecule has 3 nitrogen and oxygen atoms in total. The first-order chi connectivity index (χ1) is 8.20. The Bertz CT molecular complexity index is 342. The van der Waals surface area contributed by atoms with Crippen molar-refractivity contribution in [2.45, 2.75) is 19.6 Å². The fourth-order valence-corrected chi connectivity index (χ4v) is 2.32. The summed E-state index contributed by atoms with van der Waals surface area (Å²) in [6.45, 7) is 6.97. The van der Waals surface area contributed by atoms with Crippen LogP contribution in [0.2, 0.25) is 0 Å². The van der Waals surface area contributed by atoms with Crippen molar-refractivity contribution in [1.82, 2.24) is 9.80 Å². The van der Waals surface area contributed by atoms with E-state index in [0.717, 1.165) is 31.7 Å². The van der Waals surface area contributed by atoms with Crippen LogP contribution in [-0.4, -0.2) is 48.1 Å². The Kier molecular flexibility index (Phi) is 4.15. The number of aliphatic hydroxyl groups is 1. The van der Waals surface area contributed by atoms with E-state index in [1.54, 1.807) is 0 Å². The average molecular weight is 234 g/mol. The molecule has 0 bridgehead atoms. The molecule has 1 aliphatic rings. The molecule has 1 saturated heterocycles. The number of rotatable bonds is 3. The maximum Gasteiger partial charge on any atom is 0.0681 e. The van der Waals surface area contributed by atoms with Crippen molar-refractivity contribution in [2.24, 2.45) is 0 Å². The minimum Gasteiger partial charge on any atom is -0.392 e. The number of hydrogen-bond donors (Lipinski definition) is 1. The zero-order valence-corrected chi connectivity index (χ0v) is 10.8. The summed E-state index contributed by atoms with van der Waals surface area (Å²) in [5.41, 5.74) is 2.33. The molecular weight excluding hydrogens is 212 g/mol. The maximum absolute atomic E-state index is 9.03. The highest BCUT2D eigenvalue weighted by Gasteiger charge is 2.19. The van der Waals surface area contributed by atoms with Crippen molar-refractivity contribution in [3.8, 4) is 0 Å². The summed E-state index contributed by atoms with van der Waals surface area (Å²) in [7, 11) is 2.18. The summed E-state index contributed by atoms with van der Waals surface area (Å²) in [6, 6.07) is 8.77. The number of piperazine rings is 1. The molecule has 1 heterocycles. The Morgan fingerprint density at radius 3 is 2.24 bits per heavy atom. The summed E-state index contributed by atoms with van der Waals surface area (Å²) in [6.07, 6.45) is 0. The predicted molar refractivity (Wildman–Crippen MR) is 69.8 cm³/mol. The quantitative estimate of drug-likeness (QED) is 0.858. The molecule has 0 aromatic heterocycles. The van der Waals surface area contributed by atoms with Crippen LogP contribution in [0.1, 0.15) is 24.1 Å². The van der Waals surface area contributed by atoms with Gasteiger partial charge < -0.3 is 10.0 Å². The van der Waals surface area contributed by atoms with Crippen LogP contribution in [0.3, 0.4) is 0 Å². The second-order valence-electron chi connectivity index (χ2n) is 4.91. The monoisotopic (exact) mass is 234 g/mol. The molecule has 1 fully saturated rings. The third-order valence-electron chi connectivity index (χ3n) is 3.73. The zero-order valence-electron chi connectivity index (χ0n) is 10.8. The molecular formula is C14H22N2O. The molecule has 1 N–H and O–H groups in total. The normalized spacial score (nSPS) is 20.4. The second kappa shape index (κ2) is 5.63. The van der Waals surface area contributed by atoms with Gasteiger partial charge in [-0.05, 0) is 25.1 Å². The Morgan fingerprint density at radius 1 is 1.12 bits per heavy atom. The summed E-state index contributed by atoms with van der Waals surface area (Å²) in [5.74, 6) is 0. The molecule has 1 aliphatic heterocycles. The van der Waals surface area contributed by atoms with Gasteiger partial charge in [-0.15, -0.1) is 0 Å². The van der Waals surface area contributed by atoms with E-state index in [2.05, 4.69) is 35.9 Å². The van der Waals surface area contributed by atoms with Gasteiger partial charge in [-0.3, -0.25) is 4.90 Å². The molecule has 94 valence electrons. The van der Waals surface area contributed by atoms with E-state index in [0.29, 0.717) is 6.04 Å². The Hall–Kier alpha value is -0.900. The van der Waals surface area contributed by atoms with Gasteiger partial charge >= 0.3 is 0 Å². The number of nitrogens with zero attached hydrogens (tertiary/aromatic N) is 2. The lowest BCUT2D eigenvalue weighted by molar-refractivity contribution is 0.119. The highest BCUT2D eigenvalue weighted by atomic mass is 16.3. The van der Waals surface area contributed by atoms with Crippen LogP contribution in [0, 0.1) is 0 Å². The molecule has 1 aromatic carbocycles. The first-order valence-corrected chi connectivity index (χ1v) is 6.33. The molecule has 0 amide bonds. The minimum absolute atomic E-state index is 0.128. The van der Waals surface area contributed by atoms with Crippen LogP contribution in [0.4, 0.5) is 0 Å². The molecule has 0 unspecified atom stereocenters. The third kappa shape index (κ3) is 3.06. The van der Waals surface area contributed by atoms with E-state index in [9.17, 15) is 0 Å². The van der Waals surface area contributed by atoms with Gasteiger partial charge in [0, 0.05) is 32.2 Å². The predicted octanol–water partition coefficient (Wildman–Crippen LogP) is 1.49. The van der Waals surface area contributed by atoms with Crippen molar-refractivity contribution in [3.05, 3.63) is 35.4 Å². The molecule has 2 rings (SSSR count). The van der Waals surface area contributed by atoms with Crippen LogP contribution in [0.15, 0.2) is 24.3 Å². The van der Waals surface area contributed by atoms with Gasteiger partial charge in [0.15, 0.2) is 0 Å². The lowest BCUT2D eigenvalue weighted by Gasteiger charge is -2.36. The van der Waals surface area contributed by atoms with Crippen molar-refractivity contribution in [1.29, 1.82) is 0 Å². The highest BCUT2D eigenvalue weighted by Crippen LogP contribution is 2.21. The number of aliphatic hydroxyl groups excluding tert-OH is 1. The summed E-state index contributed by atoms with van der Waals surface area (Å²) in [4.78, 5) is 4.89. The van der Waals surface area contributed by atoms with Crippen LogP contribution >= 0.6 is 0 Å². The van der Waals surface area contributed by atoms with Crippen molar-refractivity contribution < 1.29 is 5.11 Å². The van der Waals surface area contributed by atoms with Crippen LogP contribution in [0.25, 0.3) is 0 Å². The molecule has 0 aliphatic carbocycles. The van der Waals surface area contributed by atoms with Gasteiger partial charge in [-0.1, -0.05) is 24.3 Å². The van der Waals surface area contributed by atoms with Gasteiger partial charge in [0.1, 0.15) is 0 Å². The van der Waals surface area contributed by atoms with E-state index in [1.807, 2.05) is 12.1 Å². The average Bonchev–Trinajstić information content (AvgIpc) is 2.39. The number of likely N-dealkylation sites (N-methyl/N-ethyl adjacent to an activating group) is 1. The van der Waals surface area contributed by atoms with Gasteiger partial charge in [0.25, 0.3) is 0 Å². The lowest BCUT2D eigenvalue weighted by atomic mass is 10.0. The largest absolute Gasteiger partial charge is 0.392 e. The molecule has 1 atom stereocenters. The van der Waals surface area contributed by atoms with Crippen LogP contribution in [0.5, 0.6) is 0 Å². The first-order valence-electron chi connectivity index (χ1n) is 6.33. The van der Waals surface area contributed by atoms with Crippen molar-refractivity contribution in [3.63, 3.8) is 0 Å².